The molecule has 4 rings (SSSR count). The van der Waals surface area contributed by atoms with E-state index in [1.54, 1.807) is 36.4 Å². The van der Waals surface area contributed by atoms with Crippen molar-refractivity contribution in [3.8, 4) is 0 Å². The largest absolute Gasteiger partial charge is 0.280 e. The van der Waals surface area contributed by atoms with E-state index < -0.39 is 25.9 Å². The van der Waals surface area contributed by atoms with Crippen LogP contribution < -0.4 is 9.03 Å². The molecular weight excluding hydrogens is 439 g/mol. The number of hydrogen-bond donors (Lipinski definition) is 1. The summed E-state index contributed by atoms with van der Waals surface area (Å²) in [5.41, 5.74) is 2.46. The number of anilines is 2. The molecule has 31 heavy (non-hydrogen) atoms. The van der Waals surface area contributed by atoms with Gasteiger partial charge in [-0.15, -0.1) is 0 Å². The second-order valence-electron chi connectivity index (χ2n) is 7.40. The topological polar surface area (TPSA) is 83.6 Å². The van der Waals surface area contributed by atoms with Gasteiger partial charge in [-0.05, 0) is 73.9 Å². The van der Waals surface area contributed by atoms with E-state index in [1.165, 1.54) is 22.5 Å². The van der Waals surface area contributed by atoms with E-state index in [1.807, 2.05) is 6.92 Å². The Hall–Kier alpha value is -2.91. The molecule has 1 N–H and O–H groups in total. The van der Waals surface area contributed by atoms with Gasteiger partial charge in [0, 0.05) is 6.54 Å². The van der Waals surface area contributed by atoms with Gasteiger partial charge in [-0.25, -0.2) is 21.2 Å². The lowest BCUT2D eigenvalue weighted by Crippen LogP contribution is -2.35. The van der Waals surface area contributed by atoms with Crippen LogP contribution >= 0.6 is 0 Å². The van der Waals surface area contributed by atoms with Crippen molar-refractivity contribution in [3.05, 3.63) is 83.7 Å². The molecule has 1 aliphatic heterocycles. The van der Waals surface area contributed by atoms with E-state index in [0.29, 0.717) is 25.1 Å². The molecule has 0 spiro atoms. The third-order valence-corrected chi connectivity index (χ3v) is 8.37. The van der Waals surface area contributed by atoms with Crippen molar-refractivity contribution in [3.63, 3.8) is 0 Å². The lowest BCUT2D eigenvalue weighted by atomic mass is 10.0. The van der Waals surface area contributed by atoms with Crippen LogP contribution in [-0.2, 0) is 26.5 Å². The lowest BCUT2D eigenvalue weighted by Gasteiger charge is -2.31. The Labute approximate surface area is 181 Å². The average Bonchev–Trinajstić information content (AvgIpc) is 2.73. The van der Waals surface area contributed by atoms with Crippen LogP contribution in [0.2, 0.25) is 0 Å². The average molecular weight is 461 g/mol. The zero-order chi connectivity index (χ0) is 22.2. The van der Waals surface area contributed by atoms with Crippen molar-refractivity contribution in [1.82, 2.24) is 0 Å². The summed E-state index contributed by atoms with van der Waals surface area (Å²) in [4.78, 5) is 0.0963. The summed E-state index contributed by atoms with van der Waals surface area (Å²) in [7, 11) is -7.75. The van der Waals surface area contributed by atoms with Crippen molar-refractivity contribution in [2.24, 2.45) is 0 Å². The fraction of sp³-hybridized carbons (Fsp3) is 0.182. The van der Waals surface area contributed by atoms with Gasteiger partial charge in [0.15, 0.2) is 0 Å². The van der Waals surface area contributed by atoms with Crippen molar-refractivity contribution in [2.45, 2.75) is 29.6 Å². The molecular formula is C22H21FN2O4S2. The van der Waals surface area contributed by atoms with Gasteiger partial charge in [0.1, 0.15) is 5.82 Å². The molecule has 9 heteroatoms. The van der Waals surface area contributed by atoms with Gasteiger partial charge in [-0.2, -0.15) is 0 Å². The SMILES string of the molecule is Cc1ccc(S(=O)(=O)N2CCCc3ccc(NS(=O)(=O)c4ccc(F)cc4)cc32)cc1. The van der Waals surface area contributed by atoms with Crippen molar-refractivity contribution < 1.29 is 21.2 Å². The van der Waals surface area contributed by atoms with E-state index in [9.17, 15) is 21.2 Å². The molecule has 0 unspecified atom stereocenters. The Morgan fingerprint density at radius 1 is 0.871 bits per heavy atom. The number of rotatable bonds is 5. The number of sulfonamides is 2. The zero-order valence-corrected chi connectivity index (χ0v) is 18.4. The zero-order valence-electron chi connectivity index (χ0n) is 16.7. The predicted octanol–water partition coefficient (Wildman–Crippen LogP) is 4.08. The van der Waals surface area contributed by atoms with Crippen molar-refractivity contribution >= 4 is 31.4 Å². The highest BCUT2D eigenvalue weighted by Crippen LogP contribution is 2.34. The molecule has 3 aromatic rings. The fourth-order valence-electron chi connectivity index (χ4n) is 3.52. The first-order valence-electron chi connectivity index (χ1n) is 9.67. The number of nitrogens with zero attached hydrogens (tertiary/aromatic N) is 1. The number of nitrogens with one attached hydrogen (secondary N) is 1. The molecule has 0 bridgehead atoms. The van der Waals surface area contributed by atoms with Gasteiger partial charge in [-0.1, -0.05) is 23.8 Å². The molecule has 0 radical (unpaired) electrons. The standard InChI is InChI=1S/C22H21FN2O4S2/c1-16-4-10-21(11-5-16)31(28,29)25-14-2-3-17-6-9-19(15-22(17)25)24-30(26,27)20-12-7-18(23)8-13-20/h4-13,15,24H,2-3,14H2,1H3. The van der Waals surface area contributed by atoms with Crippen LogP contribution in [0.3, 0.4) is 0 Å². The van der Waals surface area contributed by atoms with Gasteiger partial charge >= 0.3 is 0 Å². The molecule has 162 valence electrons. The summed E-state index contributed by atoms with van der Waals surface area (Å²) in [6.07, 6.45) is 1.36. The van der Waals surface area contributed by atoms with E-state index in [-0.39, 0.29) is 15.5 Å². The molecule has 0 amide bonds. The Bertz CT molecular complexity index is 1320. The third-order valence-electron chi connectivity index (χ3n) is 5.15. The quantitative estimate of drug-likeness (QED) is 0.622. The van der Waals surface area contributed by atoms with Gasteiger partial charge < -0.3 is 0 Å². The van der Waals surface area contributed by atoms with Crippen LogP contribution in [-0.4, -0.2) is 23.4 Å². The smallest absolute Gasteiger partial charge is 0.264 e. The summed E-state index contributed by atoms with van der Waals surface area (Å²) < 4.78 is 68.7. The van der Waals surface area contributed by atoms with Crippen LogP contribution in [0, 0.1) is 12.7 Å². The van der Waals surface area contributed by atoms with Gasteiger partial charge in [0.25, 0.3) is 20.0 Å². The minimum Gasteiger partial charge on any atom is -0.280 e. The summed E-state index contributed by atoms with van der Waals surface area (Å²) in [6.45, 7) is 2.18. The molecule has 1 aliphatic rings. The number of hydrogen-bond acceptors (Lipinski definition) is 4. The first kappa shape index (κ1) is 21.3. The van der Waals surface area contributed by atoms with Crippen molar-refractivity contribution in [1.29, 1.82) is 0 Å². The second kappa shape index (κ2) is 7.97. The van der Waals surface area contributed by atoms with E-state index in [4.69, 9.17) is 0 Å². The van der Waals surface area contributed by atoms with Crippen LogP contribution in [0.4, 0.5) is 15.8 Å². The Kier molecular flexibility index (Phi) is 5.49. The van der Waals surface area contributed by atoms with E-state index in [0.717, 1.165) is 23.3 Å². The maximum Gasteiger partial charge on any atom is 0.264 e. The molecule has 3 aromatic carbocycles. The van der Waals surface area contributed by atoms with Crippen LogP contribution in [0.1, 0.15) is 17.5 Å². The highest BCUT2D eigenvalue weighted by molar-refractivity contribution is 7.93. The van der Waals surface area contributed by atoms with Crippen LogP contribution in [0.15, 0.2) is 76.5 Å². The summed E-state index contributed by atoms with van der Waals surface area (Å²) in [5, 5.41) is 0. The Morgan fingerprint density at radius 3 is 2.19 bits per heavy atom. The first-order chi connectivity index (χ1) is 14.7. The highest BCUT2D eigenvalue weighted by atomic mass is 32.2. The fourth-order valence-corrected chi connectivity index (χ4v) is 6.10. The number of fused-ring (bicyclic) bond motifs is 1. The number of benzene rings is 3. The summed E-state index contributed by atoms with van der Waals surface area (Å²) >= 11 is 0. The first-order valence-corrected chi connectivity index (χ1v) is 12.6. The molecule has 0 atom stereocenters. The molecule has 0 aromatic heterocycles. The number of aryl methyl sites for hydroxylation is 2. The minimum absolute atomic E-state index is 0.0873. The molecule has 1 heterocycles. The monoisotopic (exact) mass is 460 g/mol. The normalized spacial score (nSPS) is 14.2. The molecule has 0 fully saturated rings. The van der Waals surface area contributed by atoms with Gasteiger partial charge in [-0.3, -0.25) is 9.03 Å². The number of halogens is 1. The van der Waals surface area contributed by atoms with Gasteiger partial charge in [0.2, 0.25) is 0 Å². The van der Waals surface area contributed by atoms with Crippen molar-refractivity contribution in [2.75, 3.05) is 15.6 Å². The molecule has 0 saturated heterocycles. The molecule has 6 nitrogen and oxygen atoms in total. The lowest BCUT2D eigenvalue weighted by molar-refractivity contribution is 0.586. The Morgan fingerprint density at radius 2 is 1.52 bits per heavy atom. The second-order valence-corrected chi connectivity index (χ2v) is 10.9. The van der Waals surface area contributed by atoms with E-state index in [2.05, 4.69) is 4.72 Å². The summed E-state index contributed by atoms with van der Waals surface area (Å²) in [6, 6.07) is 16.0. The maximum absolute atomic E-state index is 13.3. The summed E-state index contributed by atoms with van der Waals surface area (Å²) in [5.74, 6) is -0.537. The predicted molar refractivity (Wildman–Crippen MR) is 118 cm³/mol. The Balaban J connectivity index is 1.69. The van der Waals surface area contributed by atoms with E-state index >= 15 is 0 Å². The van der Waals surface area contributed by atoms with Gasteiger partial charge in [0.05, 0.1) is 21.2 Å². The highest BCUT2D eigenvalue weighted by Gasteiger charge is 2.29. The van der Waals surface area contributed by atoms with Crippen LogP contribution in [0.5, 0.6) is 0 Å². The third kappa shape index (κ3) is 4.28. The maximum atomic E-state index is 13.3. The van der Waals surface area contributed by atoms with Crippen LogP contribution in [0.25, 0.3) is 0 Å². The molecule has 0 saturated carbocycles. The molecule has 0 aliphatic carbocycles. The minimum atomic E-state index is -3.95.